The first-order chi connectivity index (χ1) is 9.92. The summed E-state index contributed by atoms with van der Waals surface area (Å²) in [7, 11) is 0. The monoisotopic (exact) mass is 313 g/mol. The summed E-state index contributed by atoms with van der Waals surface area (Å²) in [5.74, 6) is -2.26. The fourth-order valence-electron chi connectivity index (χ4n) is 2.85. The molecule has 0 atom stereocenters. The van der Waals surface area contributed by atoms with Crippen LogP contribution in [0.4, 0.5) is 4.39 Å². The van der Waals surface area contributed by atoms with Crippen molar-refractivity contribution >= 4 is 23.5 Å². The highest BCUT2D eigenvalue weighted by Gasteiger charge is 2.36. The lowest BCUT2D eigenvalue weighted by molar-refractivity contribution is -0.139. The molecule has 1 saturated carbocycles. The Labute approximate surface area is 127 Å². The number of hydrogen-bond acceptors (Lipinski definition) is 2. The van der Waals surface area contributed by atoms with Crippen molar-refractivity contribution in [3.05, 3.63) is 34.6 Å². The fraction of sp³-hybridized carbons (Fsp3) is 0.467. The third-order valence-corrected chi connectivity index (χ3v) is 4.09. The normalized spacial score (nSPS) is 17.2. The maximum atomic E-state index is 13.8. The van der Waals surface area contributed by atoms with Crippen LogP contribution in [-0.2, 0) is 4.79 Å². The first-order valence-electron chi connectivity index (χ1n) is 6.91. The molecule has 0 heterocycles. The highest BCUT2D eigenvalue weighted by Crippen LogP contribution is 2.31. The number of amides is 1. The topological polar surface area (TPSA) is 66.4 Å². The predicted octanol–water partition coefficient (Wildman–Crippen LogP) is 3.39. The second-order valence-corrected chi connectivity index (χ2v) is 5.93. The van der Waals surface area contributed by atoms with E-state index < -0.39 is 23.2 Å². The molecule has 0 aliphatic heterocycles. The molecule has 0 saturated heterocycles. The van der Waals surface area contributed by atoms with Crippen LogP contribution >= 0.6 is 11.6 Å². The molecule has 1 aromatic carbocycles. The SMILES string of the molecule is O=C(O)CC1(NC(=O)c2ccc(Cl)cc2F)CCCCC1. The Bertz CT molecular complexity index is 556. The maximum Gasteiger partial charge on any atom is 0.305 e. The molecule has 0 aromatic heterocycles. The van der Waals surface area contributed by atoms with Crippen LogP contribution in [0.1, 0.15) is 48.9 Å². The summed E-state index contributed by atoms with van der Waals surface area (Å²) in [4.78, 5) is 23.3. The van der Waals surface area contributed by atoms with Crippen molar-refractivity contribution in [2.75, 3.05) is 0 Å². The van der Waals surface area contributed by atoms with Crippen LogP contribution in [0.2, 0.25) is 5.02 Å². The Morgan fingerprint density at radius 1 is 1.29 bits per heavy atom. The van der Waals surface area contributed by atoms with Gasteiger partial charge in [0, 0.05) is 5.02 Å². The summed E-state index contributed by atoms with van der Waals surface area (Å²) in [6.07, 6.45) is 3.79. The van der Waals surface area contributed by atoms with Gasteiger partial charge in [0.2, 0.25) is 0 Å². The summed E-state index contributed by atoms with van der Waals surface area (Å²) in [5.41, 5.74) is -0.900. The van der Waals surface area contributed by atoms with Gasteiger partial charge in [-0.25, -0.2) is 4.39 Å². The highest BCUT2D eigenvalue weighted by atomic mass is 35.5. The number of carboxylic acids is 1. The largest absolute Gasteiger partial charge is 0.481 e. The van der Waals surface area contributed by atoms with Crippen molar-refractivity contribution in [2.45, 2.75) is 44.1 Å². The first kappa shape index (κ1) is 15.8. The van der Waals surface area contributed by atoms with Gasteiger partial charge in [-0.3, -0.25) is 9.59 Å². The number of carbonyl (C=O) groups excluding carboxylic acids is 1. The number of carbonyl (C=O) groups is 2. The minimum atomic E-state index is -0.964. The summed E-state index contributed by atoms with van der Waals surface area (Å²) >= 11 is 5.66. The van der Waals surface area contributed by atoms with Crippen molar-refractivity contribution < 1.29 is 19.1 Å². The standard InChI is InChI=1S/C15H17ClFNO3/c16-10-4-5-11(12(17)8-10)14(21)18-15(9-13(19)20)6-2-1-3-7-15/h4-5,8H,1-3,6-7,9H2,(H,18,21)(H,19,20). The second kappa shape index (κ2) is 6.43. The number of aliphatic carboxylic acids is 1. The molecule has 1 fully saturated rings. The van der Waals surface area contributed by atoms with Gasteiger partial charge in [0.05, 0.1) is 17.5 Å². The average Bonchev–Trinajstić information content (AvgIpc) is 2.38. The van der Waals surface area contributed by atoms with E-state index in [1.165, 1.54) is 12.1 Å². The van der Waals surface area contributed by atoms with Gasteiger partial charge in [-0.05, 0) is 31.0 Å². The Balaban J connectivity index is 2.19. The van der Waals surface area contributed by atoms with E-state index in [-0.39, 0.29) is 17.0 Å². The quantitative estimate of drug-likeness (QED) is 0.895. The van der Waals surface area contributed by atoms with E-state index in [4.69, 9.17) is 16.7 Å². The summed E-state index contributed by atoms with van der Waals surface area (Å²) in [6.45, 7) is 0. The van der Waals surface area contributed by atoms with E-state index in [9.17, 15) is 14.0 Å². The van der Waals surface area contributed by atoms with Crippen LogP contribution in [0.5, 0.6) is 0 Å². The average molecular weight is 314 g/mol. The van der Waals surface area contributed by atoms with Crippen LogP contribution in [0, 0.1) is 5.82 Å². The van der Waals surface area contributed by atoms with Gasteiger partial charge in [0.25, 0.3) is 5.91 Å². The van der Waals surface area contributed by atoms with Gasteiger partial charge in [0.1, 0.15) is 5.82 Å². The van der Waals surface area contributed by atoms with Crippen molar-refractivity contribution in [1.29, 1.82) is 0 Å². The molecule has 0 unspecified atom stereocenters. The lowest BCUT2D eigenvalue weighted by Gasteiger charge is -2.37. The molecular formula is C15H17ClFNO3. The summed E-state index contributed by atoms with van der Waals surface area (Å²) in [6, 6.07) is 3.82. The molecule has 1 amide bonds. The Morgan fingerprint density at radius 2 is 1.95 bits per heavy atom. The number of nitrogens with one attached hydrogen (secondary N) is 1. The van der Waals surface area contributed by atoms with Gasteiger partial charge in [-0.1, -0.05) is 30.9 Å². The van der Waals surface area contributed by atoms with Gasteiger partial charge < -0.3 is 10.4 Å². The Morgan fingerprint density at radius 3 is 2.52 bits per heavy atom. The predicted molar refractivity (Wildman–Crippen MR) is 76.9 cm³/mol. The molecule has 21 heavy (non-hydrogen) atoms. The third-order valence-electron chi connectivity index (χ3n) is 3.85. The molecule has 0 radical (unpaired) electrons. The lowest BCUT2D eigenvalue weighted by Crippen LogP contribution is -2.51. The number of benzene rings is 1. The lowest BCUT2D eigenvalue weighted by atomic mass is 9.79. The van der Waals surface area contributed by atoms with Crippen molar-refractivity contribution in [3.8, 4) is 0 Å². The molecule has 4 nitrogen and oxygen atoms in total. The van der Waals surface area contributed by atoms with Crippen molar-refractivity contribution in [2.24, 2.45) is 0 Å². The van der Waals surface area contributed by atoms with Crippen LogP contribution in [0.15, 0.2) is 18.2 Å². The zero-order chi connectivity index (χ0) is 15.5. The van der Waals surface area contributed by atoms with E-state index in [0.29, 0.717) is 12.8 Å². The molecule has 114 valence electrons. The highest BCUT2D eigenvalue weighted by molar-refractivity contribution is 6.30. The van der Waals surface area contributed by atoms with Gasteiger partial charge in [0.15, 0.2) is 0 Å². The van der Waals surface area contributed by atoms with E-state index in [1.54, 1.807) is 0 Å². The van der Waals surface area contributed by atoms with Crippen LogP contribution in [0.25, 0.3) is 0 Å². The summed E-state index contributed by atoms with van der Waals surface area (Å²) < 4.78 is 13.8. The number of carboxylic acid groups (broad SMARTS) is 1. The Kier molecular flexibility index (Phi) is 4.83. The zero-order valence-electron chi connectivity index (χ0n) is 11.5. The van der Waals surface area contributed by atoms with Crippen molar-refractivity contribution in [1.82, 2.24) is 5.32 Å². The minimum Gasteiger partial charge on any atom is -0.481 e. The van der Waals surface area contributed by atoms with E-state index in [2.05, 4.69) is 5.32 Å². The molecule has 1 aromatic rings. The first-order valence-corrected chi connectivity index (χ1v) is 7.29. The van der Waals surface area contributed by atoms with E-state index >= 15 is 0 Å². The third kappa shape index (κ3) is 3.94. The van der Waals surface area contributed by atoms with Crippen LogP contribution < -0.4 is 5.32 Å². The molecule has 0 bridgehead atoms. The molecule has 0 spiro atoms. The smallest absolute Gasteiger partial charge is 0.305 e. The van der Waals surface area contributed by atoms with Gasteiger partial charge >= 0.3 is 5.97 Å². The molecule has 1 aliphatic carbocycles. The molecular weight excluding hydrogens is 297 g/mol. The van der Waals surface area contributed by atoms with Crippen LogP contribution in [-0.4, -0.2) is 22.5 Å². The zero-order valence-corrected chi connectivity index (χ0v) is 12.3. The summed E-state index contributed by atoms with van der Waals surface area (Å²) in [5, 5.41) is 12.0. The van der Waals surface area contributed by atoms with Gasteiger partial charge in [-0.2, -0.15) is 0 Å². The number of hydrogen-bond donors (Lipinski definition) is 2. The molecule has 2 rings (SSSR count). The fourth-order valence-corrected chi connectivity index (χ4v) is 3.00. The molecule has 6 heteroatoms. The number of rotatable bonds is 4. The minimum absolute atomic E-state index is 0.116. The van der Waals surface area contributed by atoms with Crippen LogP contribution in [0.3, 0.4) is 0 Å². The van der Waals surface area contributed by atoms with Gasteiger partial charge in [-0.15, -0.1) is 0 Å². The Hall–Kier alpha value is -1.62. The second-order valence-electron chi connectivity index (χ2n) is 5.49. The van der Waals surface area contributed by atoms with E-state index in [0.717, 1.165) is 25.3 Å². The molecule has 2 N–H and O–H groups in total. The maximum absolute atomic E-state index is 13.8. The van der Waals surface area contributed by atoms with E-state index in [1.807, 2.05) is 0 Å². The number of halogens is 2. The van der Waals surface area contributed by atoms with Crippen molar-refractivity contribution in [3.63, 3.8) is 0 Å². The molecule has 1 aliphatic rings.